The number of hydrogen-bond donors (Lipinski definition) is 0. The molecule has 28 heavy (non-hydrogen) atoms. The Hall–Kier alpha value is -2.45. The molecule has 0 radical (unpaired) electrons. The molecule has 7 nitrogen and oxygen atoms in total. The van der Waals surface area contributed by atoms with Crippen molar-refractivity contribution in [3.05, 3.63) is 47.2 Å². The third-order valence-corrected chi connectivity index (χ3v) is 6.24. The Labute approximate surface area is 171 Å². The Bertz CT molecular complexity index is 1070. The van der Waals surface area contributed by atoms with E-state index in [-0.39, 0.29) is 0 Å². The summed E-state index contributed by atoms with van der Waals surface area (Å²) in [7, 11) is 0. The number of imidazole rings is 1. The van der Waals surface area contributed by atoms with Crippen molar-refractivity contribution in [2.45, 2.75) is 26.2 Å². The fraction of sp³-hybridized carbons (Fsp3) is 0.368. The van der Waals surface area contributed by atoms with Gasteiger partial charge in [0.25, 0.3) is 0 Å². The molecule has 0 N–H and O–H groups in total. The van der Waals surface area contributed by atoms with E-state index < -0.39 is 0 Å². The number of rotatable bonds is 4. The second-order valence-corrected chi connectivity index (χ2v) is 8.50. The van der Waals surface area contributed by atoms with Gasteiger partial charge in [-0.15, -0.1) is 5.10 Å². The molecule has 0 bridgehead atoms. The summed E-state index contributed by atoms with van der Waals surface area (Å²) in [5.74, 6) is 1.93. The fourth-order valence-electron chi connectivity index (χ4n) is 3.67. The molecule has 1 unspecified atom stereocenters. The van der Waals surface area contributed by atoms with Crippen molar-refractivity contribution >= 4 is 33.0 Å². The second-order valence-electron chi connectivity index (χ2n) is 7.13. The summed E-state index contributed by atoms with van der Waals surface area (Å²) in [4.78, 5) is 12.3. The van der Waals surface area contributed by atoms with Gasteiger partial charge in [-0.05, 0) is 30.9 Å². The average Bonchev–Trinajstić information content (AvgIpc) is 3.37. The van der Waals surface area contributed by atoms with Crippen LogP contribution in [-0.2, 0) is 6.42 Å². The van der Waals surface area contributed by atoms with E-state index in [9.17, 15) is 0 Å². The molecule has 0 aliphatic carbocycles. The summed E-state index contributed by atoms with van der Waals surface area (Å²) in [6, 6.07) is 7.71. The summed E-state index contributed by atoms with van der Waals surface area (Å²) >= 11 is 7.60. The smallest absolute Gasteiger partial charge is 0.223 e. The summed E-state index contributed by atoms with van der Waals surface area (Å²) in [5, 5.41) is 10.5. The summed E-state index contributed by atoms with van der Waals surface area (Å²) in [6.45, 7) is 3.80. The Morgan fingerprint density at radius 1 is 1.25 bits per heavy atom. The van der Waals surface area contributed by atoms with Gasteiger partial charge in [-0.25, -0.2) is 9.50 Å². The van der Waals surface area contributed by atoms with Gasteiger partial charge in [-0.2, -0.15) is 4.98 Å². The number of anilines is 1. The highest BCUT2D eigenvalue weighted by molar-refractivity contribution is 7.20. The molecule has 9 heteroatoms. The van der Waals surface area contributed by atoms with E-state index in [4.69, 9.17) is 26.2 Å². The van der Waals surface area contributed by atoms with E-state index in [1.165, 1.54) is 6.42 Å². The zero-order valence-corrected chi connectivity index (χ0v) is 16.9. The second kappa shape index (κ2) is 7.18. The van der Waals surface area contributed by atoms with Crippen molar-refractivity contribution in [2.24, 2.45) is 5.92 Å². The first-order chi connectivity index (χ1) is 13.6. The maximum Gasteiger partial charge on any atom is 0.223 e. The standard InChI is InChI=1S/C19H19ClN6OS/c1-12-21-17(24-27-12)9-13-3-2-8-25(10-13)19-23-26-11-16(22-18(26)28-19)14-4-6-15(20)7-5-14/h4-7,11,13H,2-3,8-10H2,1H3. The lowest BCUT2D eigenvalue weighted by atomic mass is 9.95. The molecule has 1 saturated heterocycles. The van der Waals surface area contributed by atoms with Crippen LogP contribution < -0.4 is 4.90 Å². The highest BCUT2D eigenvalue weighted by Gasteiger charge is 2.24. The van der Waals surface area contributed by atoms with Gasteiger partial charge in [0.05, 0.1) is 11.9 Å². The van der Waals surface area contributed by atoms with Gasteiger partial charge in [0.15, 0.2) is 5.82 Å². The molecule has 1 aromatic carbocycles. The monoisotopic (exact) mass is 414 g/mol. The van der Waals surface area contributed by atoms with Gasteiger partial charge in [0, 0.05) is 37.0 Å². The minimum atomic E-state index is 0.506. The lowest BCUT2D eigenvalue weighted by Gasteiger charge is -2.31. The van der Waals surface area contributed by atoms with Crippen LogP contribution in [-0.4, -0.2) is 37.8 Å². The molecule has 4 heterocycles. The van der Waals surface area contributed by atoms with Gasteiger partial charge in [0.1, 0.15) is 0 Å². The first kappa shape index (κ1) is 17.6. The van der Waals surface area contributed by atoms with Crippen molar-refractivity contribution in [1.29, 1.82) is 0 Å². The van der Waals surface area contributed by atoms with E-state index in [0.29, 0.717) is 11.8 Å². The Morgan fingerprint density at radius 2 is 2.11 bits per heavy atom. The Balaban J connectivity index is 1.32. The number of hydrogen-bond acceptors (Lipinski definition) is 7. The van der Waals surface area contributed by atoms with Crippen LogP contribution in [0.2, 0.25) is 5.02 Å². The highest BCUT2D eigenvalue weighted by atomic mass is 35.5. The molecule has 4 aromatic rings. The van der Waals surface area contributed by atoms with Crippen molar-refractivity contribution in [3.63, 3.8) is 0 Å². The van der Waals surface area contributed by atoms with Gasteiger partial charge in [-0.3, -0.25) is 0 Å². The lowest BCUT2D eigenvalue weighted by molar-refractivity contribution is 0.369. The average molecular weight is 415 g/mol. The lowest BCUT2D eigenvalue weighted by Crippen LogP contribution is -2.36. The number of halogens is 1. The summed E-state index contributed by atoms with van der Waals surface area (Å²) < 4.78 is 6.97. The van der Waals surface area contributed by atoms with Crippen LogP contribution in [0, 0.1) is 12.8 Å². The third-order valence-electron chi connectivity index (χ3n) is 5.00. The van der Waals surface area contributed by atoms with Crippen molar-refractivity contribution in [3.8, 4) is 11.3 Å². The van der Waals surface area contributed by atoms with Crippen LogP contribution in [0.15, 0.2) is 35.0 Å². The minimum absolute atomic E-state index is 0.506. The Morgan fingerprint density at radius 3 is 2.86 bits per heavy atom. The van der Waals surface area contributed by atoms with Crippen LogP contribution in [0.4, 0.5) is 5.13 Å². The number of fused-ring (bicyclic) bond motifs is 1. The summed E-state index contributed by atoms with van der Waals surface area (Å²) in [5.41, 5.74) is 1.95. The van der Waals surface area contributed by atoms with Gasteiger partial charge in [-0.1, -0.05) is 40.2 Å². The molecule has 0 saturated carbocycles. The first-order valence-corrected chi connectivity index (χ1v) is 10.5. The molecular formula is C19H19ClN6OS. The number of piperidine rings is 1. The Kier molecular flexibility index (Phi) is 4.52. The molecule has 1 aliphatic heterocycles. The summed E-state index contributed by atoms with van der Waals surface area (Å²) in [6.07, 6.45) is 5.13. The predicted octanol–water partition coefficient (Wildman–Crippen LogP) is 4.26. The molecule has 1 fully saturated rings. The number of nitrogens with zero attached hydrogens (tertiary/aromatic N) is 6. The van der Waals surface area contributed by atoms with E-state index in [0.717, 1.165) is 58.1 Å². The van der Waals surface area contributed by atoms with Gasteiger partial charge < -0.3 is 9.42 Å². The molecule has 0 amide bonds. The van der Waals surface area contributed by atoms with E-state index in [1.807, 2.05) is 41.9 Å². The van der Waals surface area contributed by atoms with Gasteiger partial charge >= 0.3 is 0 Å². The normalized spacial score (nSPS) is 17.5. The third kappa shape index (κ3) is 3.49. The molecule has 1 aliphatic rings. The highest BCUT2D eigenvalue weighted by Crippen LogP contribution is 2.30. The number of aryl methyl sites for hydroxylation is 1. The van der Waals surface area contributed by atoms with Crippen LogP contribution in [0.5, 0.6) is 0 Å². The van der Waals surface area contributed by atoms with Crippen molar-refractivity contribution in [1.82, 2.24) is 24.7 Å². The largest absolute Gasteiger partial charge is 0.346 e. The van der Waals surface area contributed by atoms with Gasteiger partial charge in [0.2, 0.25) is 16.0 Å². The molecule has 3 aromatic heterocycles. The topological polar surface area (TPSA) is 72.4 Å². The molecule has 1 atom stereocenters. The maximum atomic E-state index is 5.97. The van der Waals surface area contributed by atoms with Crippen molar-refractivity contribution < 1.29 is 4.52 Å². The predicted molar refractivity (Wildman–Crippen MR) is 109 cm³/mol. The molecule has 5 rings (SSSR count). The van der Waals surface area contributed by atoms with E-state index in [1.54, 1.807) is 11.3 Å². The zero-order chi connectivity index (χ0) is 19.1. The number of benzene rings is 1. The van der Waals surface area contributed by atoms with E-state index >= 15 is 0 Å². The molecular weight excluding hydrogens is 396 g/mol. The van der Waals surface area contributed by atoms with Crippen LogP contribution >= 0.6 is 22.9 Å². The van der Waals surface area contributed by atoms with E-state index in [2.05, 4.69) is 15.0 Å². The quantitative estimate of drug-likeness (QED) is 0.496. The van der Waals surface area contributed by atoms with Crippen molar-refractivity contribution in [2.75, 3.05) is 18.0 Å². The zero-order valence-electron chi connectivity index (χ0n) is 15.4. The van der Waals surface area contributed by atoms with Crippen LogP contribution in [0.3, 0.4) is 0 Å². The fourth-order valence-corrected chi connectivity index (χ4v) is 4.71. The SMILES string of the molecule is Cc1nc(CC2CCCN(c3nn4cc(-c5ccc(Cl)cc5)nc4s3)C2)no1. The maximum absolute atomic E-state index is 5.97. The first-order valence-electron chi connectivity index (χ1n) is 9.30. The minimum Gasteiger partial charge on any atom is -0.346 e. The molecule has 0 spiro atoms. The molecule has 144 valence electrons. The van der Waals surface area contributed by atoms with Crippen LogP contribution in [0.25, 0.3) is 16.2 Å². The number of aromatic nitrogens is 5. The van der Waals surface area contributed by atoms with Crippen LogP contribution in [0.1, 0.15) is 24.6 Å².